The van der Waals surface area contributed by atoms with Gasteiger partial charge in [0, 0.05) is 0 Å². The van der Waals surface area contributed by atoms with Gasteiger partial charge in [-0.05, 0) is 43.7 Å². The molecule has 1 aromatic heterocycles. The molecule has 3 aromatic rings. The van der Waals surface area contributed by atoms with Crippen LogP contribution >= 0.6 is 0 Å². The van der Waals surface area contributed by atoms with Crippen LogP contribution in [-0.2, 0) is 6.61 Å². The standard InChI is InChI=1S/C18H18N2O2/c1-12-8-9-17(18(10-12)21-3)22-11-16-13(2)19-14-6-4-5-7-15(14)20-16/h4-10H,11H2,1-3H3. The molecular weight excluding hydrogens is 276 g/mol. The van der Waals surface area contributed by atoms with E-state index in [2.05, 4.69) is 9.97 Å². The molecule has 22 heavy (non-hydrogen) atoms. The zero-order valence-electron chi connectivity index (χ0n) is 13.0. The van der Waals surface area contributed by atoms with E-state index in [1.165, 1.54) is 0 Å². The SMILES string of the molecule is COc1cc(C)ccc1OCc1nc2ccccc2nc1C. The van der Waals surface area contributed by atoms with Crippen LogP contribution in [0.3, 0.4) is 0 Å². The van der Waals surface area contributed by atoms with Gasteiger partial charge in [0.15, 0.2) is 11.5 Å². The molecule has 4 heteroatoms. The largest absolute Gasteiger partial charge is 0.493 e. The molecule has 112 valence electrons. The van der Waals surface area contributed by atoms with Gasteiger partial charge < -0.3 is 9.47 Å². The molecule has 0 aliphatic rings. The van der Waals surface area contributed by atoms with Gasteiger partial charge in [-0.15, -0.1) is 0 Å². The van der Waals surface area contributed by atoms with Gasteiger partial charge in [0.1, 0.15) is 6.61 Å². The number of ether oxygens (including phenoxy) is 2. The van der Waals surface area contributed by atoms with Crippen molar-refractivity contribution in [2.45, 2.75) is 20.5 Å². The number of fused-ring (bicyclic) bond motifs is 1. The fourth-order valence-corrected chi connectivity index (χ4v) is 2.30. The molecule has 0 saturated carbocycles. The molecule has 0 radical (unpaired) electrons. The Morgan fingerprint density at radius 2 is 1.64 bits per heavy atom. The number of rotatable bonds is 4. The Morgan fingerprint density at radius 1 is 0.909 bits per heavy atom. The van der Waals surface area contributed by atoms with Crippen molar-refractivity contribution >= 4 is 11.0 Å². The van der Waals surface area contributed by atoms with Crippen molar-refractivity contribution in [1.29, 1.82) is 0 Å². The van der Waals surface area contributed by atoms with Gasteiger partial charge in [0.05, 0.1) is 29.5 Å². The van der Waals surface area contributed by atoms with Crippen LogP contribution in [0.5, 0.6) is 11.5 Å². The highest BCUT2D eigenvalue weighted by atomic mass is 16.5. The van der Waals surface area contributed by atoms with Crippen molar-refractivity contribution in [2.24, 2.45) is 0 Å². The van der Waals surface area contributed by atoms with Crippen LogP contribution in [0.2, 0.25) is 0 Å². The number of aryl methyl sites for hydroxylation is 2. The van der Waals surface area contributed by atoms with Crippen molar-refractivity contribution in [1.82, 2.24) is 9.97 Å². The van der Waals surface area contributed by atoms with Gasteiger partial charge in [-0.25, -0.2) is 9.97 Å². The van der Waals surface area contributed by atoms with E-state index in [0.717, 1.165) is 33.7 Å². The molecule has 3 rings (SSSR count). The lowest BCUT2D eigenvalue weighted by atomic mass is 10.2. The first-order valence-corrected chi connectivity index (χ1v) is 7.17. The summed E-state index contributed by atoms with van der Waals surface area (Å²) in [6.45, 7) is 4.33. The minimum Gasteiger partial charge on any atom is -0.493 e. The summed E-state index contributed by atoms with van der Waals surface area (Å²) in [6.07, 6.45) is 0. The summed E-state index contributed by atoms with van der Waals surface area (Å²) in [7, 11) is 1.64. The fourth-order valence-electron chi connectivity index (χ4n) is 2.30. The van der Waals surface area contributed by atoms with E-state index in [4.69, 9.17) is 9.47 Å². The average molecular weight is 294 g/mol. The van der Waals surface area contributed by atoms with Gasteiger partial charge in [0.2, 0.25) is 0 Å². The van der Waals surface area contributed by atoms with E-state index in [9.17, 15) is 0 Å². The third-order valence-corrected chi connectivity index (χ3v) is 3.53. The Labute approximate surface area is 129 Å². The highest BCUT2D eigenvalue weighted by Gasteiger charge is 2.09. The predicted molar refractivity (Wildman–Crippen MR) is 86.3 cm³/mol. The van der Waals surface area contributed by atoms with Gasteiger partial charge in [-0.3, -0.25) is 0 Å². The lowest BCUT2D eigenvalue weighted by Gasteiger charge is -2.12. The van der Waals surface area contributed by atoms with Gasteiger partial charge >= 0.3 is 0 Å². The molecular formula is C18H18N2O2. The molecule has 0 fully saturated rings. The van der Waals surface area contributed by atoms with Gasteiger partial charge in [-0.2, -0.15) is 0 Å². The molecule has 0 amide bonds. The molecule has 0 atom stereocenters. The molecule has 0 N–H and O–H groups in total. The maximum Gasteiger partial charge on any atom is 0.161 e. The number of hydrogen-bond acceptors (Lipinski definition) is 4. The number of hydrogen-bond donors (Lipinski definition) is 0. The van der Waals surface area contributed by atoms with Crippen LogP contribution in [0.4, 0.5) is 0 Å². The smallest absolute Gasteiger partial charge is 0.161 e. The third kappa shape index (κ3) is 2.86. The van der Waals surface area contributed by atoms with Crippen molar-refractivity contribution in [3.8, 4) is 11.5 Å². The molecule has 0 bridgehead atoms. The minimum absolute atomic E-state index is 0.364. The summed E-state index contributed by atoms with van der Waals surface area (Å²) in [5, 5.41) is 0. The van der Waals surface area contributed by atoms with E-state index in [0.29, 0.717) is 12.4 Å². The molecule has 4 nitrogen and oxygen atoms in total. The van der Waals surface area contributed by atoms with E-state index < -0.39 is 0 Å². The predicted octanol–water partition coefficient (Wildman–Crippen LogP) is 3.83. The molecule has 0 unspecified atom stereocenters. The second kappa shape index (κ2) is 6.02. The van der Waals surface area contributed by atoms with Crippen LogP contribution in [0.1, 0.15) is 17.0 Å². The van der Waals surface area contributed by atoms with Crippen molar-refractivity contribution in [2.75, 3.05) is 7.11 Å². The normalized spacial score (nSPS) is 10.7. The zero-order valence-corrected chi connectivity index (χ0v) is 13.0. The van der Waals surface area contributed by atoms with Gasteiger partial charge in [-0.1, -0.05) is 18.2 Å². The number of benzene rings is 2. The Kier molecular flexibility index (Phi) is 3.92. The Morgan fingerprint density at radius 3 is 2.36 bits per heavy atom. The molecule has 0 aliphatic carbocycles. The van der Waals surface area contributed by atoms with E-state index in [1.807, 2.05) is 56.3 Å². The summed E-state index contributed by atoms with van der Waals surface area (Å²) in [6, 6.07) is 13.7. The number of para-hydroxylation sites is 2. The Hall–Kier alpha value is -2.62. The lowest BCUT2D eigenvalue weighted by molar-refractivity contribution is 0.280. The number of nitrogens with zero attached hydrogens (tertiary/aromatic N) is 2. The first-order chi connectivity index (χ1) is 10.7. The second-order valence-electron chi connectivity index (χ2n) is 5.19. The monoisotopic (exact) mass is 294 g/mol. The van der Waals surface area contributed by atoms with Crippen LogP contribution in [0, 0.1) is 13.8 Å². The molecule has 0 spiro atoms. The highest BCUT2D eigenvalue weighted by molar-refractivity contribution is 5.74. The Balaban J connectivity index is 1.86. The van der Waals surface area contributed by atoms with Crippen LogP contribution in [0.15, 0.2) is 42.5 Å². The summed E-state index contributed by atoms with van der Waals surface area (Å²) in [4.78, 5) is 9.21. The topological polar surface area (TPSA) is 44.2 Å². The van der Waals surface area contributed by atoms with Crippen LogP contribution in [0.25, 0.3) is 11.0 Å². The number of methoxy groups -OCH3 is 1. The lowest BCUT2D eigenvalue weighted by Crippen LogP contribution is -2.04. The summed E-state index contributed by atoms with van der Waals surface area (Å²) in [5.74, 6) is 1.44. The van der Waals surface area contributed by atoms with Crippen LogP contribution < -0.4 is 9.47 Å². The van der Waals surface area contributed by atoms with Crippen molar-refractivity contribution < 1.29 is 9.47 Å². The maximum absolute atomic E-state index is 5.87. The zero-order chi connectivity index (χ0) is 15.5. The minimum atomic E-state index is 0.364. The van der Waals surface area contributed by atoms with Crippen molar-refractivity contribution in [3.63, 3.8) is 0 Å². The first-order valence-electron chi connectivity index (χ1n) is 7.17. The maximum atomic E-state index is 5.87. The molecule has 0 saturated heterocycles. The Bertz CT molecular complexity index is 815. The van der Waals surface area contributed by atoms with E-state index in [-0.39, 0.29) is 0 Å². The van der Waals surface area contributed by atoms with Crippen molar-refractivity contribution in [3.05, 3.63) is 59.4 Å². The highest BCUT2D eigenvalue weighted by Crippen LogP contribution is 2.28. The molecule has 1 heterocycles. The summed E-state index contributed by atoms with van der Waals surface area (Å²) >= 11 is 0. The van der Waals surface area contributed by atoms with E-state index >= 15 is 0 Å². The summed E-state index contributed by atoms with van der Waals surface area (Å²) in [5.41, 5.74) is 4.62. The molecule has 0 aliphatic heterocycles. The van der Waals surface area contributed by atoms with Crippen LogP contribution in [-0.4, -0.2) is 17.1 Å². The van der Waals surface area contributed by atoms with E-state index in [1.54, 1.807) is 7.11 Å². The second-order valence-corrected chi connectivity index (χ2v) is 5.19. The molecule has 2 aromatic carbocycles. The number of aromatic nitrogens is 2. The third-order valence-electron chi connectivity index (χ3n) is 3.53. The quantitative estimate of drug-likeness (QED) is 0.733. The summed E-state index contributed by atoms with van der Waals surface area (Å²) < 4.78 is 11.2. The van der Waals surface area contributed by atoms with Gasteiger partial charge in [0.25, 0.3) is 0 Å². The first kappa shape index (κ1) is 14.3. The fraction of sp³-hybridized carbons (Fsp3) is 0.222. The average Bonchev–Trinajstić information content (AvgIpc) is 2.53.